The molecule has 0 saturated carbocycles. The van der Waals surface area contributed by atoms with Gasteiger partial charge in [0.1, 0.15) is 30.2 Å². The van der Waals surface area contributed by atoms with E-state index in [1.807, 2.05) is 0 Å². The molecular formula is C32H35N7O10S2. The van der Waals surface area contributed by atoms with Gasteiger partial charge in [-0.25, -0.2) is 9.78 Å². The van der Waals surface area contributed by atoms with Gasteiger partial charge < -0.3 is 50.6 Å². The molecular weight excluding hydrogens is 707 g/mol. The van der Waals surface area contributed by atoms with Crippen molar-refractivity contribution in [2.45, 2.75) is 62.4 Å². The number of nitrogen functional groups attached to an aromatic ring is 1. The number of aromatic amines is 1. The van der Waals surface area contributed by atoms with Crippen molar-refractivity contribution in [2.24, 2.45) is 5.16 Å². The molecule has 19 heteroatoms. The van der Waals surface area contributed by atoms with Crippen LogP contribution in [0.25, 0.3) is 10.9 Å². The van der Waals surface area contributed by atoms with Crippen LogP contribution in [-0.4, -0.2) is 106 Å². The molecule has 270 valence electrons. The van der Waals surface area contributed by atoms with Gasteiger partial charge in [-0.1, -0.05) is 5.16 Å². The van der Waals surface area contributed by atoms with Crippen LogP contribution in [0.1, 0.15) is 44.9 Å². The number of nitrogens with one attached hydrogen (secondary N) is 2. The zero-order valence-corrected chi connectivity index (χ0v) is 29.3. The van der Waals surface area contributed by atoms with Crippen molar-refractivity contribution in [3.8, 4) is 11.5 Å². The largest absolute Gasteiger partial charge is 0.543 e. The lowest BCUT2D eigenvalue weighted by Crippen LogP contribution is -2.72. The van der Waals surface area contributed by atoms with Crippen LogP contribution in [0.3, 0.4) is 0 Å². The number of phenolic OH excluding ortho intramolecular Hbond substituents is 2. The van der Waals surface area contributed by atoms with E-state index in [4.69, 9.17) is 10.6 Å². The minimum absolute atomic E-state index is 0.0121. The average molecular weight is 742 g/mol. The molecule has 0 spiro atoms. The number of hydrogen-bond acceptors (Lipinski definition) is 14. The summed E-state index contributed by atoms with van der Waals surface area (Å²) in [6, 6.07) is 1.30. The van der Waals surface area contributed by atoms with E-state index in [0.717, 1.165) is 29.1 Å². The molecule has 51 heavy (non-hydrogen) atoms. The lowest BCUT2D eigenvalue weighted by atomic mass is 9.99. The number of nitrogens with two attached hydrogens (primary N) is 1. The number of aromatic hydroxyl groups is 2. The summed E-state index contributed by atoms with van der Waals surface area (Å²) < 4.78 is 0.339. The Morgan fingerprint density at radius 3 is 2.51 bits per heavy atom. The maximum absolute atomic E-state index is 13.6. The van der Waals surface area contributed by atoms with E-state index < -0.39 is 57.5 Å². The number of aliphatic carboxylic acids is 2. The number of amides is 2. The quantitative estimate of drug-likeness (QED) is 0.0504. The number of benzene rings is 1. The maximum atomic E-state index is 13.6. The van der Waals surface area contributed by atoms with Crippen LogP contribution in [0, 0.1) is 0 Å². The highest BCUT2D eigenvalue weighted by atomic mass is 32.2. The number of carboxylic acids is 2. The van der Waals surface area contributed by atoms with Crippen molar-refractivity contribution >= 4 is 68.6 Å². The Morgan fingerprint density at radius 2 is 1.88 bits per heavy atom. The van der Waals surface area contributed by atoms with Crippen molar-refractivity contribution in [1.29, 1.82) is 0 Å². The minimum atomic E-state index is -1.81. The normalized spacial score (nSPS) is 21.7. The number of pyridine rings is 1. The van der Waals surface area contributed by atoms with Crippen molar-refractivity contribution < 1.29 is 48.9 Å². The van der Waals surface area contributed by atoms with Crippen LogP contribution in [0.5, 0.6) is 11.5 Å². The summed E-state index contributed by atoms with van der Waals surface area (Å²) in [6.07, 6.45) is 3.22. The van der Waals surface area contributed by atoms with E-state index in [2.05, 4.69) is 20.4 Å². The number of quaternary nitrogens is 1. The first-order valence-electron chi connectivity index (χ1n) is 15.9. The van der Waals surface area contributed by atoms with Crippen LogP contribution in [0.15, 0.2) is 44.9 Å². The summed E-state index contributed by atoms with van der Waals surface area (Å²) in [6.45, 7) is 6.00. The van der Waals surface area contributed by atoms with Gasteiger partial charge in [0.15, 0.2) is 27.8 Å². The van der Waals surface area contributed by atoms with Crippen LogP contribution in [-0.2, 0) is 30.6 Å². The Kier molecular flexibility index (Phi) is 9.23. The highest BCUT2D eigenvalue weighted by molar-refractivity contribution is 8.00. The number of thioether (sulfide) groups is 1. The van der Waals surface area contributed by atoms with Gasteiger partial charge in [0.2, 0.25) is 5.60 Å². The Balaban J connectivity index is 1.27. The summed E-state index contributed by atoms with van der Waals surface area (Å²) in [7, 11) is 0. The van der Waals surface area contributed by atoms with Gasteiger partial charge in [0.25, 0.3) is 11.8 Å². The molecule has 3 aliphatic heterocycles. The van der Waals surface area contributed by atoms with Crippen molar-refractivity contribution in [2.75, 3.05) is 25.4 Å². The number of anilines is 1. The molecule has 5 heterocycles. The first-order chi connectivity index (χ1) is 24.0. The van der Waals surface area contributed by atoms with E-state index in [9.17, 15) is 44.4 Å². The maximum Gasteiger partial charge on any atom is 0.350 e. The standard InChI is InChI=1S/C32H35N7O10S2/c1-14-17(12-39(6-4-5-7-39)11-15-10-34-18-9-21(41)20(40)8-16(18)25(15)42)24(29(45)46)38-27(44)23(28(38)51-14)36-26(43)22(19-13-50-31(33)35-19)37-49-32(2,3)30(47)48/h8-10,13-14,23,28H,4-7,11-12H2,1-3H3,(H7-,33,34,35,36,37,40,41,42,43,45,46,47,48)/t14-,23+,28+/m0/s1. The van der Waals surface area contributed by atoms with E-state index in [0.29, 0.717) is 34.2 Å². The first kappa shape index (κ1) is 35.7. The van der Waals surface area contributed by atoms with Gasteiger partial charge >= 0.3 is 5.97 Å². The number of fused-ring (bicyclic) bond motifs is 2. The van der Waals surface area contributed by atoms with Gasteiger partial charge in [-0.15, -0.1) is 23.1 Å². The predicted molar refractivity (Wildman–Crippen MR) is 183 cm³/mol. The van der Waals surface area contributed by atoms with E-state index >= 15 is 0 Å². The Morgan fingerprint density at radius 1 is 1.20 bits per heavy atom. The second-order valence-electron chi connectivity index (χ2n) is 13.2. The zero-order valence-electron chi connectivity index (χ0n) is 27.7. The second kappa shape index (κ2) is 13.2. The molecule has 1 aromatic carbocycles. The third-order valence-electron chi connectivity index (χ3n) is 9.34. The summed E-state index contributed by atoms with van der Waals surface area (Å²) in [4.78, 5) is 78.2. The molecule has 2 saturated heterocycles. The third kappa shape index (κ3) is 6.59. The molecule has 3 atom stereocenters. The number of β-lactam (4-membered cyclic amide) rings is 1. The molecule has 3 aromatic rings. The average Bonchev–Trinajstić information content (AvgIpc) is 3.71. The van der Waals surface area contributed by atoms with E-state index in [1.165, 1.54) is 43.1 Å². The van der Waals surface area contributed by atoms with Gasteiger partial charge in [0.05, 0.1) is 35.8 Å². The minimum Gasteiger partial charge on any atom is -0.543 e. The number of aromatic nitrogens is 2. The number of oxime groups is 1. The number of phenols is 2. The van der Waals surface area contributed by atoms with Crippen molar-refractivity contribution in [3.63, 3.8) is 0 Å². The monoisotopic (exact) mass is 741 g/mol. The smallest absolute Gasteiger partial charge is 0.350 e. The molecule has 2 aromatic heterocycles. The summed E-state index contributed by atoms with van der Waals surface area (Å²) in [5, 5.41) is 48.8. The Labute approximate surface area is 298 Å². The number of rotatable bonds is 11. The second-order valence-corrected chi connectivity index (χ2v) is 15.6. The topological polar surface area (TPSA) is 261 Å². The Bertz CT molecular complexity index is 2080. The predicted octanol–water partition coefficient (Wildman–Crippen LogP) is 0.165. The van der Waals surface area contributed by atoms with Crippen LogP contribution < -0.4 is 21.6 Å². The van der Waals surface area contributed by atoms with Crippen molar-refractivity contribution in [1.82, 2.24) is 20.2 Å². The third-order valence-corrected chi connectivity index (χ3v) is 11.5. The Hall–Kier alpha value is -5.14. The number of carboxylic acid groups (broad SMARTS) is 2. The SMILES string of the molecule is C[C@@H]1S[C@@H]2[C@H](NC(=O)C(=NOC(C)(C)C(=O)O)c3csc(N)n3)C(=O)N2C(C(=O)[O-])=C1C[N+]1(Cc2c[nH]c3cc(O)c(O)cc3c2=O)CCCC1. The van der Waals surface area contributed by atoms with Gasteiger partial charge in [-0.05, 0) is 26.8 Å². The highest BCUT2D eigenvalue weighted by Crippen LogP contribution is 2.45. The molecule has 6 rings (SSSR count). The number of H-pyrrole nitrogens is 1. The van der Waals surface area contributed by atoms with Crippen LogP contribution >= 0.6 is 23.1 Å². The molecule has 2 fully saturated rings. The fourth-order valence-electron chi connectivity index (χ4n) is 6.56. The number of nitrogens with zero attached hydrogens (tertiary/aromatic N) is 4. The molecule has 7 N–H and O–H groups in total. The summed E-state index contributed by atoms with van der Waals surface area (Å²) in [5.41, 5.74) is 4.09. The number of hydrogen-bond donors (Lipinski definition) is 6. The molecule has 17 nitrogen and oxygen atoms in total. The molecule has 0 bridgehead atoms. The number of likely N-dealkylation sites (tertiary alicyclic amines) is 1. The van der Waals surface area contributed by atoms with Crippen LogP contribution in [0.4, 0.5) is 5.13 Å². The zero-order chi connectivity index (χ0) is 37.0. The number of carbonyl (C=O) groups excluding carboxylic acids is 3. The van der Waals surface area contributed by atoms with Gasteiger partial charge in [-0.3, -0.25) is 19.3 Å². The molecule has 0 radical (unpaired) electrons. The molecule has 0 unspecified atom stereocenters. The summed E-state index contributed by atoms with van der Waals surface area (Å²) >= 11 is 2.28. The molecule has 2 amide bonds. The van der Waals surface area contributed by atoms with Gasteiger partial charge in [-0.2, -0.15) is 0 Å². The van der Waals surface area contributed by atoms with Gasteiger partial charge in [0, 0.05) is 46.7 Å². The molecule has 3 aliphatic rings. The fraction of sp³-hybridized carbons (Fsp3) is 0.406. The summed E-state index contributed by atoms with van der Waals surface area (Å²) in [5.74, 6) is -5.31. The van der Waals surface area contributed by atoms with E-state index in [1.54, 1.807) is 13.1 Å². The van der Waals surface area contributed by atoms with Crippen molar-refractivity contribution in [3.05, 3.63) is 56.5 Å². The number of thiazole rings is 1. The molecule has 0 aliphatic carbocycles. The number of carbonyl (C=O) groups is 4. The first-order valence-corrected chi connectivity index (χ1v) is 17.7. The lowest BCUT2D eigenvalue weighted by molar-refractivity contribution is -0.925. The highest BCUT2D eigenvalue weighted by Gasteiger charge is 2.55. The fourth-order valence-corrected chi connectivity index (χ4v) is 8.55. The van der Waals surface area contributed by atoms with E-state index in [-0.39, 0.29) is 46.2 Å². The van der Waals surface area contributed by atoms with Crippen LogP contribution in [0.2, 0.25) is 0 Å². The lowest BCUT2D eigenvalue weighted by Gasteiger charge is -2.53.